The quantitative estimate of drug-likeness (QED) is 0.867. The standard InChI is InChI=1S/C20H24ClN3O2/c1-2-26-19-10-6-5-9-18(19)23-11-13-24(14-12-23)20(25)22-15-16-7-3-4-8-17(16)21/h3-10H,2,11-15H2,1H3,(H,22,25). The van der Waals surface area contributed by atoms with E-state index in [9.17, 15) is 4.79 Å². The minimum Gasteiger partial charge on any atom is -0.492 e. The fraction of sp³-hybridized carbons (Fsp3) is 0.350. The van der Waals surface area contributed by atoms with Crippen LogP contribution >= 0.6 is 11.6 Å². The first kappa shape index (κ1) is 18.4. The van der Waals surface area contributed by atoms with Gasteiger partial charge in [0, 0.05) is 37.7 Å². The number of hydrogen-bond acceptors (Lipinski definition) is 3. The van der Waals surface area contributed by atoms with Crippen LogP contribution in [0.15, 0.2) is 48.5 Å². The zero-order valence-electron chi connectivity index (χ0n) is 15.0. The molecule has 2 aromatic rings. The van der Waals surface area contributed by atoms with Crippen LogP contribution in [0.2, 0.25) is 5.02 Å². The summed E-state index contributed by atoms with van der Waals surface area (Å²) in [6, 6.07) is 15.5. The summed E-state index contributed by atoms with van der Waals surface area (Å²) in [5, 5.41) is 3.63. The Balaban J connectivity index is 1.53. The normalized spacial score (nSPS) is 14.2. The highest BCUT2D eigenvalue weighted by molar-refractivity contribution is 6.31. The van der Waals surface area contributed by atoms with Crippen molar-refractivity contribution in [1.82, 2.24) is 10.2 Å². The Labute approximate surface area is 159 Å². The van der Waals surface area contributed by atoms with Crippen LogP contribution < -0.4 is 15.0 Å². The molecular weight excluding hydrogens is 350 g/mol. The molecule has 0 saturated carbocycles. The van der Waals surface area contributed by atoms with Crippen molar-refractivity contribution in [1.29, 1.82) is 0 Å². The number of urea groups is 1. The fourth-order valence-electron chi connectivity index (χ4n) is 3.07. The Bertz CT molecular complexity index is 745. The number of nitrogens with one attached hydrogen (secondary N) is 1. The lowest BCUT2D eigenvalue weighted by Gasteiger charge is -2.36. The molecule has 1 aliphatic rings. The molecule has 0 radical (unpaired) electrons. The second-order valence-electron chi connectivity index (χ2n) is 6.12. The van der Waals surface area contributed by atoms with Gasteiger partial charge in [-0.25, -0.2) is 4.79 Å². The molecule has 0 bridgehead atoms. The molecule has 138 valence electrons. The number of piperazine rings is 1. The first-order chi connectivity index (χ1) is 12.7. The van der Waals surface area contributed by atoms with Crippen molar-refractivity contribution in [3.05, 3.63) is 59.1 Å². The molecule has 2 aromatic carbocycles. The molecule has 0 atom stereocenters. The first-order valence-corrected chi connectivity index (χ1v) is 9.29. The molecule has 26 heavy (non-hydrogen) atoms. The molecule has 0 unspecified atom stereocenters. The van der Waals surface area contributed by atoms with E-state index in [1.165, 1.54) is 0 Å². The Morgan fingerprint density at radius 1 is 1.08 bits per heavy atom. The van der Waals surface area contributed by atoms with E-state index in [1.807, 2.05) is 54.3 Å². The molecule has 1 heterocycles. The highest BCUT2D eigenvalue weighted by Crippen LogP contribution is 2.28. The lowest BCUT2D eigenvalue weighted by Crippen LogP contribution is -2.51. The van der Waals surface area contributed by atoms with Gasteiger partial charge in [0.1, 0.15) is 5.75 Å². The van der Waals surface area contributed by atoms with Gasteiger partial charge >= 0.3 is 6.03 Å². The predicted octanol–water partition coefficient (Wildman–Crippen LogP) is 3.77. The van der Waals surface area contributed by atoms with Crippen molar-refractivity contribution in [2.45, 2.75) is 13.5 Å². The number of rotatable bonds is 5. The minimum atomic E-state index is -0.0531. The van der Waals surface area contributed by atoms with E-state index >= 15 is 0 Å². The zero-order chi connectivity index (χ0) is 18.4. The van der Waals surface area contributed by atoms with Crippen LogP contribution in [0.1, 0.15) is 12.5 Å². The SMILES string of the molecule is CCOc1ccccc1N1CCN(C(=O)NCc2ccccc2Cl)CC1. The third-order valence-electron chi connectivity index (χ3n) is 4.46. The van der Waals surface area contributed by atoms with Crippen molar-refractivity contribution in [3.8, 4) is 5.75 Å². The van der Waals surface area contributed by atoms with Crippen molar-refractivity contribution in [2.24, 2.45) is 0 Å². The van der Waals surface area contributed by atoms with Crippen LogP contribution in [-0.2, 0) is 6.54 Å². The van der Waals surface area contributed by atoms with E-state index in [4.69, 9.17) is 16.3 Å². The molecule has 0 aliphatic carbocycles. The summed E-state index contributed by atoms with van der Waals surface area (Å²) in [6.07, 6.45) is 0. The van der Waals surface area contributed by atoms with E-state index in [0.717, 1.165) is 30.1 Å². The molecular formula is C20H24ClN3O2. The summed E-state index contributed by atoms with van der Waals surface area (Å²) >= 11 is 6.14. The first-order valence-electron chi connectivity index (χ1n) is 8.92. The van der Waals surface area contributed by atoms with Crippen molar-refractivity contribution < 1.29 is 9.53 Å². The molecule has 1 aliphatic heterocycles. The van der Waals surface area contributed by atoms with E-state index in [-0.39, 0.29) is 6.03 Å². The summed E-state index contributed by atoms with van der Waals surface area (Å²) in [4.78, 5) is 16.5. The monoisotopic (exact) mass is 373 g/mol. The second kappa shape index (κ2) is 8.81. The number of para-hydroxylation sites is 2. The summed E-state index contributed by atoms with van der Waals surface area (Å²) < 4.78 is 5.72. The fourth-order valence-corrected chi connectivity index (χ4v) is 3.27. The molecule has 6 heteroatoms. The van der Waals surface area contributed by atoms with Crippen molar-refractivity contribution in [2.75, 3.05) is 37.7 Å². The third-order valence-corrected chi connectivity index (χ3v) is 4.83. The van der Waals surface area contributed by atoms with Gasteiger partial charge in [-0.2, -0.15) is 0 Å². The van der Waals surface area contributed by atoms with Crippen molar-refractivity contribution in [3.63, 3.8) is 0 Å². The molecule has 1 saturated heterocycles. The third kappa shape index (κ3) is 4.41. The molecule has 5 nitrogen and oxygen atoms in total. The van der Waals surface area contributed by atoms with Crippen LogP contribution in [0.25, 0.3) is 0 Å². The number of nitrogens with zero attached hydrogens (tertiary/aromatic N) is 2. The highest BCUT2D eigenvalue weighted by Gasteiger charge is 2.22. The average molecular weight is 374 g/mol. The Morgan fingerprint density at radius 2 is 1.77 bits per heavy atom. The zero-order valence-corrected chi connectivity index (χ0v) is 15.7. The number of ether oxygens (including phenoxy) is 1. The lowest BCUT2D eigenvalue weighted by atomic mass is 10.2. The topological polar surface area (TPSA) is 44.8 Å². The van der Waals surface area contributed by atoms with Gasteiger partial charge in [-0.15, -0.1) is 0 Å². The second-order valence-corrected chi connectivity index (χ2v) is 6.53. The summed E-state index contributed by atoms with van der Waals surface area (Å²) in [6.45, 7) is 5.97. The maximum absolute atomic E-state index is 12.4. The molecule has 1 N–H and O–H groups in total. The van der Waals surface area contributed by atoms with Gasteiger partial charge in [0.15, 0.2) is 0 Å². The predicted molar refractivity (Wildman–Crippen MR) is 105 cm³/mol. The molecule has 3 rings (SSSR count). The summed E-state index contributed by atoms with van der Waals surface area (Å²) in [5.74, 6) is 0.895. The van der Waals surface area contributed by atoms with Gasteiger partial charge < -0.3 is 19.9 Å². The minimum absolute atomic E-state index is 0.0531. The van der Waals surface area contributed by atoms with E-state index in [2.05, 4.69) is 16.3 Å². The average Bonchev–Trinajstić information content (AvgIpc) is 2.68. The van der Waals surface area contributed by atoms with Gasteiger partial charge in [-0.3, -0.25) is 0 Å². The summed E-state index contributed by atoms with van der Waals surface area (Å²) in [5.41, 5.74) is 2.01. The summed E-state index contributed by atoms with van der Waals surface area (Å²) in [7, 11) is 0. The van der Waals surface area contributed by atoms with Crippen LogP contribution in [0.4, 0.5) is 10.5 Å². The van der Waals surface area contributed by atoms with Gasteiger partial charge in [-0.05, 0) is 30.7 Å². The number of amides is 2. The molecule has 0 spiro atoms. The van der Waals surface area contributed by atoms with Crippen LogP contribution in [0.3, 0.4) is 0 Å². The Kier molecular flexibility index (Phi) is 6.23. The van der Waals surface area contributed by atoms with Gasteiger partial charge in [0.2, 0.25) is 0 Å². The maximum Gasteiger partial charge on any atom is 0.317 e. The van der Waals surface area contributed by atoms with E-state index in [0.29, 0.717) is 31.3 Å². The smallest absolute Gasteiger partial charge is 0.317 e. The molecule has 2 amide bonds. The largest absolute Gasteiger partial charge is 0.492 e. The Hall–Kier alpha value is -2.40. The van der Waals surface area contributed by atoms with Crippen LogP contribution in [-0.4, -0.2) is 43.7 Å². The number of carbonyl (C=O) groups is 1. The molecule has 1 fully saturated rings. The van der Waals surface area contributed by atoms with E-state index < -0.39 is 0 Å². The number of anilines is 1. The van der Waals surface area contributed by atoms with Crippen molar-refractivity contribution >= 4 is 23.3 Å². The van der Waals surface area contributed by atoms with Gasteiger partial charge in [-0.1, -0.05) is 41.9 Å². The number of carbonyl (C=O) groups excluding carboxylic acids is 1. The van der Waals surface area contributed by atoms with Crippen LogP contribution in [0.5, 0.6) is 5.75 Å². The van der Waals surface area contributed by atoms with Gasteiger partial charge in [0.05, 0.1) is 12.3 Å². The number of halogens is 1. The molecule has 0 aromatic heterocycles. The number of hydrogen-bond donors (Lipinski definition) is 1. The number of benzene rings is 2. The van der Waals surface area contributed by atoms with Gasteiger partial charge in [0.25, 0.3) is 0 Å². The Morgan fingerprint density at radius 3 is 2.50 bits per heavy atom. The maximum atomic E-state index is 12.4. The highest BCUT2D eigenvalue weighted by atomic mass is 35.5. The van der Waals surface area contributed by atoms with Crippen LogP contribution in [0, 0.1) is 0 Å². The van der Waals surface area contributed by atoms with E-state index in [1.54, 1.807) is 0 Å². The lowest BCUT2D eigenvalue weighted by molar-refractivity contribution is 0.194.